The molecule has 9 nitrogen and oxygen atoms in total. The molecule has 0 aliphatic rings. The van der Waals surface area contributed by atoms with Gasteiger partial charge >= 0.3 is 5.97 Å². The van der Waals surface area contributed by atoms with Crippen molar-refractivity contribution in [1.29, 1.82) is 0 Å². The van der Waals surface area contributed by atoms with E-state index in [0.717, 1.165) is 0 Å². The fourth-order valence-corrected chi connectivity index (χ4v) is 2.97. The molecule has 0 aliphatic heterocycles. The standard InChI is InChI=1S/C15H22N2O7S/c1-23-12-6-5-11(10-13(12)24-2)25(21,22)17-9-7-14(18)16-8-3-4-15(19)20/h5-6,10,17H,3-4,7-9H2,1-2H3,(H,16,18)(H,19,20). The normalized spacial score (nSPS) is 11.0. The number of nitrogens with one attached hydrogen (secondary N) is 2. The number of carboxylic acids is 1. The van der Waals surface area contributed by atoms with Crippen LogP contribution in [-0.4, -0.2) is 52.7 Å². The van der Waals surface area contributed by atoms with E-state index in [0.29, 0.717) is 12.2 Å². The van der Waals surface area contributed by atoms with E-state index in [2.05, 4.69) is 10.0 Å². The number of hydrogen-bond donors (Lipinski definition) is 3. The van der Waals surface area contributed by atoms with Crippen molar-refractivity contribution in [2.24, 2.45) is 0 Å². The molecule has 0 heterocycles. The van der Waals surface area contributed by atoms with E-state index in [9.17, 15) is 18.0 Å². The van der Waals surface area contributed by atoms with Crippen molar-refractivity contribution in [1.82, 2.24) is 10.0 Å². The number of ether oxygens (including phenoxy) is 2. The Hall–Kier alpha value is -2.33. The molecule has 0 aromatic heterocycles. The topological polar surface area (TPSA) is 131 Å². The molecule has 10 heteroatoms. The van der Waals surface area contributed by atoms with Gasteiger partial charge in [0.1, 0.15) is 0 Å². The largest absolute Gasteiger partial charge is 0.493 e. The first-order chi connectivity index (χ1) is 11.8. The van der Waals surface area contributed by atoms with Gasteiger partial charge in [-0.15, -0.1) is 0 Å². The van der Waals surface area contributed by atoms with Gasteiger partial charge in [0.05, 0.1) is 19.1 Å². The summed E-state index contributed by atoms with van der Waals surface area (Å²) in [5.41, 5.74) is 0. The monoisotopic (exact) mass is 374 g/mol. The number of methoxy groups -OCH3 is 2. The van der Waals surface area contributed by atoms with Gasteiger partial charge in [-0.3, -0.25) is 9.59 Å². The lowest BCUT2D eigenvalue weighted by Gasteiger charge is -2.11. The highest BCUT2D eigenvalue weighted by Crippen LogP contribution is 2.29. The van der Waals surface area contributed by atoms with E-state index < -0.39 is 16.0 Å². The molecule has 3 N–H and O–H groups in total. The van der Waals surface area contributed by atoms with E-state index >= 15 is 0 Å². The first-order valence-corrected chi connectivity index (χ1v) is 8.98. The molecule has 140 valence electrons. The van der Waals surface area contributed by atoms with Crippen LogP contribution in [0.25, 0.3) is 0 Å². The molecule has 0 aliphatic carbocycles. The molecule has 0 spiro atoms. The summed E-state index contributed by atoms with van der Waals surface area (Å²) in [7, 11) is -0.950. The van der Waals surface area contributed by atoms with Gasteiger partial charge in [-0.1, -0.05) is 0 Å². The van der Waals surface area contributed by atoms with Gasteiger partial charge in [-0.25, -0.2) is 13.1 Å². The van der Waals surface area contributed by atoms with Crippen LogP contribution in [0, 0.1) is 0 Å². The van der Waals surface area contributed by atoms with Crippen LogP contribution in [0.2, 0.25) is 0 Å². The van der Waals surface area contributed by atoms with Crippen molar-refractivity contribution >= 4 is 21.9 Å². The van der Waals surface area contributed by atoms with Gasteiger partial charge in [0.25, 0.3) is 0 Å². The number of carbonyl (C=O) groups is 2. The molecule has 0 fully saturated rings. The molecule has 0 bridgehead atoms. The predicted octanol–water partition coefficient (Wildman–Crippen LogP) is 0.353. The molecule has 0 atom stereocenters. The van der Waals surface area contributed by atoms with Crippen molar-refractivity contribution < 1.29 is 32.6 Å². The van der Waals surface area contributed by atoms with Crippen LogP contribution in [-0.2, 0) is 19.6 Å². The Balaban J connectivity index is 2.50. The third-order valence-corrected chi connectivity index (χ3v) is 4.66. The third kappa shape index (κ3) is 6.98. The van der Waals surface area contributed by atoms with Gasteiger partial charge in [-0.05, 0) is 18.6 Å². The summed E-state index contributed by atoms with van der Waals surface area (Å²) in [4.78, 5) is 21.9. The lowest BCUT2D eigenvalue weighted by molar-refractivity contribution is -0.137. The molecule has 1 aromatic carbocycles. The van der Waals surface area contributed by atoms with Gasteiger partial charge in [-0.2, -0.15) is 0 Å². The molecule has 1 rings (SSSR count). The second-order valence-corrected chi connectivity index (χ2v) is 6.78. The quantitative estimate of drug-likeness (QED) is 0.476. The van der Waals surface area contributed by atoms with Crippen LogP contribution >= 0.6 is 0 Å². The number of sulfonamides is 1. The lowest BCUT2D eigenvalue weighted by Crippen LogP contribution is -2.31. The van der Waals surface area contributed by atoms with Crippen LogP contribution in [0.4, 0.5) is 0 Å². The Kier molecular flexibility index (Phi) is 8.16. The van der Waals surface area contributed by atoms with Crippen LogP contribution in [0.1, 0.15) is 19.3 Å². The molecule has 1 amide bonds. The summed E-state index contributed by atoms with van der Waals surface area (Å²) in [5, 5.41) is 11.0. The average molecular weight is 374 g/mol. The van der Waals surface area contributed by atoms with Crippen molar-refractivity contribution in [3.8, 4) is 11.5 Å². The SMILES string of the molecule is COc1ccc(S(=O)(=O)NCCC(=O)NCCCC(=O)O)cc1OC. The zero-order chi connectivity index (χ0) is 18.9. The summed E-state index contributed by atoms with van der Waals surface area (Å²) in [6.07, 6.45) is 0.226. The molecule has 0 saturated heterocycles. The maximum atomic E-state index is 12.2. The summed E-state index contributed by atoms with van der Waals surface area (Å²) >= 11 is 0. The predicted molar refractivity (Wildman–Crippen MR) is 89.2 cm³/mol. The first kappa shape index (κ1) is 20.7. The van der Waals surface area contributed by atoms with Crippen molar-refractivity contribution in [2.45, 2.75) is 24.2 Å². The van der Waals surface area contributed by atoms with E-state index in [-0.39, 0.29) is 42.5 Å². The Morgan fingerprint density at radius 1 is 1.08 bits per heavy atom. The van der Waals surface area contributed by atoms with Gasteiger partial charge in [0.15, 0.2) is 11.5 Å². The smallest absolute Gasteiger partial charge is 0.303 e. The van der Waals surface area contributed by atoms with Crippen molar-refractivity contribution in [3.05, 3.63) is 18.2 Å². The highest BCUT2D eigenvalue weighted by Gasteiger charge is 2.17. The third-order valence-electron chi connectivity index (χ3n) is 3.20. The van der Waals surface area contributed by atoms with Crippen LogP contribution in [0.5, 0.6) is 11.5 Å². The van der Waals surface area contributed by atoms with E-state index in [4.69, 9.17) is 14.6 Å². The maximum absolute atomic E-state index is 12.2. The summed E-state index contributed by atoms with van der Waals surface area (Å²) < 4.78 is 36.9. The number of amides is 1. The van der Waals surface area contributed by atoms with Crippen molar-refractivity contribution in [2.75, 3.05) is 27.3 Å². The number of rotatable bonds is 11. The minimum Gasteiger partial charge on any atom is -0.493 e. The number of carbonyl (C=O) groups excluding carboxylic acids is 1. The Morgan fingerprint density at radius 3 is 2.36 bits per heavy atom. The first-order valence-electron chi connectivity index (χ1n) is 7.50. The summed E-state index contributed by atoms with van der Waals surface area (Å²) in [5.74, 6) is -0.610. The highest BCUT2D eigenvalue weighted by molar-refractivity contribution is 7.89. The summed E-state index contributed by atoms with van der Waals surface area (Å²) in [6, 6.07) is 4.17. The van der Waals surface area contributed by atoms with Gasteiger partial charge in [0, 0.05) is 32.0 Å². The van der Waals surface area contributed by atoms with E-state index in [1.807, 2.05) is 0 Å². The minimum absolute atomic E-state index is 0.00739. The molecule has 25 heavy (non-hydrogen) atoms. The Morgan fingerprint density at radius 2 is 1.76 bits per heavy atom. The number of aliphatic carboxylic acids is 1. The number of carboxylic acid groups (broad SMARTS) is 1. The van der Waals surface area contributed by atoms with E-state index in [1.54, 1.807) is 0 Å². The zero-order valence-electron chi connectivity index (χ0n) is 14.1. The van der Waals surface area contributed by atoms with Crippen LogP contribution < -0.4 is 19.5 Å². The zero-order valence-corrected chi connectivity index (χ0v) is 14.9. The fraction of sp³-hybridized carbons (Fsp3) is 0.467. The second-order valence-electron chi connectivity index (χ2n) is 5.01. The van der Waals surface area contributed by atoms with Gasteiger partial charge in [0.2, 0.25) is 15.9 Å². The Bertz CT molecular complexity index is 704. The Labute approximate surface area is 146 Å². The molecular weight excluding hydrogens is 352 g/mol. The van der Waals surface area contributed by atoms with Crippen molar-refractivity contribution in [3.63, 3.8) is 0 Å². The van der Waals surface area contributed by atoms with Gasteiger partial charge < -0.3 is 19.9 Å². The molecule has 0 radical (unpaired) electrons. The molecule has 0 saturated carbocycles. The van der Waals surface area contributed by atoms with Crippen LogP contribution in [0.15, 0.2) is 23.1 Å². The second kappa shape index (κ2) is 9.84. The minimum atomic E-state index is -3.79. The average Bonchev–Trinajstić information content (AvgIpc) is 2.57. The molecule has 1 aromatic rings. The van der Waals surface area contributed by atoms with Crippen LogP contribution in [0.3, 0.4) is 0 Å². The number of hydrogen-bond acceptors (Lipinski definition) is 6. The fourth-order valence-electron chi connectivity index (χ4n) is 1.92. The molecular formula is C15H22N2O7S. The lowest BCUT2D eigenvalue weighted by atomic mass is 10.3. The maximum Gasteiger partial charge on any atom is 0.303 e. The summed E-state index contributed by atoms with van der Waals surface area (Å²) in [6.45, 7) is 0.148. The number of benzene rings is 1. The highest BCUT2D eigenvalue weighted by atomic mass is 32.2. The van der Waals surface area contributed by atoms with E-state index in [1.165, 1.54) is 32.4 Å². The molecule has 0 unspecified atom stereocenters.